The maximum atomic E-state index is 12.4. The van der Waals surface area contributed by atoms with Crippen LogP contribution in [0.2, 0.25) is 0 Å². The van der Waals surface area contributed by atoms with Gasteiger partial charge in [-0.1, -0.05) is 36.4 Å². The number of amides is 1. The molecule has 0 saturated heterocycles. The molecule has 0 aliphatic rings. The minimum absolute atomic E-state index is 0.204. The van der Waals surface area contributed by atoms with Crippen LogP contribution in [0.3, 0.4) is 0 Å². The molecule has 1 aromatic heterocycles. The first-order chi connectivity index (χ1) is 10.7. The fourth-order valence-electron chi connectivity index (χ4n) is 2.34. The molecule has 0 saturated carbocycles. The van der Waals surface area contributed by atoms with Gasteiger partial charge in [0.15, 0.2) is 4.77 Å². The molecule has 0 atom stereocenters. The molecule has 0 bridgehead atoms. The summed E-state index contributed by atoms with van der Waals surface area (Å²) >= 11 is 5.35. The van der Waals surface area contributed by atoms with Gasteiger partial charge in [0.25, 0.3) is 5.91 Å². The van der Waals surface area contributed by atoms with Crippen molar-refractivity contribution in [3.8, 4) is 5.69 Å². The lowest BCUT2D eigenvalue weighted by Gasteiger charge is -2.07. The highest BCUT2D eigenvalue weighted by atomic mass is 32.1. The summed E-state index contributed by atoms with van der Waals surface area (Å²) in [6, 6.07) is 19.1. The van der Waals surface area contributed by atoms with Gasteiger partial charge < -0.3 is 10.3 Å². The molecule has 3 rings (SSSR count). The third kappa shape index (κ3) is 2.71. The lowest BCUT2D eigenvalue weighted by Crippen LogP contribution is -2.14. The molecule has 1 heterocycles. The van der Waals surface area contributed by atoms with E-state index in [1.54, 1.807) is 0 Å². The molecule has 22 heavy (non-hydrogen) atoms. The Labute approximate surface area is 133 Å². The number of imidazole rings is 1. The molecule has 0 aliphatic carbocycles. The number of aromatic amines is 1. The van der Waals surface area contributed by atoms with Crippen molar-refractivity contribution in [1.82, 2.24) is 9.55 Å². The number of H-pyrrole nitrogens is 1. The van der Waals surface area contributed by atoms with Crippen molar-refractivity contribution in [3.05, 3.63) is 76.8 Å². The number of hydrogen-bond acceptors (Lipinski definition) is 2. The lowest BCUT2D eigenvalue weighted by molar-refractivity contribution is 0.102. The molecule has 2 N–H and O–H groups in total. The second kappa shape index (κ2) is 5.99. The number of rotatable bonds is 3. The molecule has 0 spiro atoms. The minimum Gasteiger partial charge on any atom is -0.326 e. The average molecular weight is 309 g/mol. The Balaban J connectivity index is 1.96. The molecule has 0 fully saturated rings. The topological polar surface area (TPSA) is 49.8 Å². The molecule has 0 unspecified atom stereocenters. The van der Waals surface area contributed by atoms with E-state index in [-0.39, 0.29) is 5.91 Å². The highest BCUT2D eigenvalue weighted by Crippen LogP contribution is 2.17. The zero-order valence-electron chi connectivity index (χ0n) is 12.0. The number of benzene rings is 2. The molecular weight excluding hydrogens is 294 g/mol. The van der Waals surface area contributed by atoms with Crippen LogP contribution in [0.4, 0.5) is 5.69 Å². The first kappa shape index (κ1) is 14.3. The van der Waals surface area contributed by atoms with Crippen LogP contribution in [0, 0.1) is 11.7 Å². The first-order valence-corrected chi connectivity index (χ1v) is 7.31. The number of nitrogens with zero attached hydrogens (tertiary/aromatic N) is 1. The summed E-state index contributed by atoms with van der Waals surface area (Å²) in [5.74, 6) is -0.204. The Morgan fingerprint density at radius 2 is 1.64 bits per heavy atom. The van der Waals surface area contributed by atoms with E-state index < -0.39 is 0 Å². The highest BCUT2D eigenvalue weighted by molar-refractivity contribution is 7.71. The van der Waals surface area contributed by atoms with Crippen molar-refractivity contribution >= 4 is 23.8 Å². The van der Waals surface area contributed by atoms with Gasteiger partial charge in [0.05, 0.1) is 5.69 Å². The lowest BCUT2D eigenvalue weighted by atomic mass is 10.2. The Morgan fingerprint density at radius 3 is 2.27 bits per heavy atom. The number of aromatic nitrogens is 2. The van der Waals surface area contributed by atoms with Gasteiger partial charge in [0.1, 0.15) is 5.69 Å². The van der Waals surface area contributed by atoms with Gasteiger partial charge in [-0.3, -0.25) is 9.36 Å². The number of para-hydroxylation sites is 2. The third-order valence-electron chi connectivity index (χ3n) is 3.41. The summed E-state index contributed by atoms with van der Waals surface area (Å²) in [6.45, 7) is 1.87. The molecule has 3 aromatic rings. The number of carbonyl (C=O) groups excluding carboxylic acids is 1. The molecule has 0 radical (unpaired) electrons. The van der Waals surface area contributed by atoms with Gasteiger partial charge in [-0.2, -0.15) is 0 Å². The summed E-state index contributed by atoms with van der Waals surface area (Å²) in [7, 11) is 0. The van der Waals surface area contributed by atoms with Crippen molar-refractivity contribution in [2.24, 2.45) is 0 Å². The summed E-state index contributed by atoms with van der Waals surface area (Å²) in [5.41, 5.74) is 2.93. The second-order valence-corrected chi connectivity index (χ2v) is 5.27. The average Bonchev–Trinajstić information content (AvgIpc) is 2.84. The molecule has 110 valence electrons. The van der Waals surface area contributed by atoms with E-state index in [9.17, 15) is 4.79 Å². The molecule has 0 aliphatic heterocycles. The van der Waals surface area contributed by atoms with E-state index in [4.69, 9.17) is 12.2 Å². The predicted molar refractivity (Wildman–Crippen MR) is 90.1 cm³/mol. The van der Waals surface area contributed by atoms with E-state index in [1.165, 1.54) is 0 Å². The van der Waals surface area contributed by atoms with E-state index in [0.717, 1.165) is 17.1 Å². The Morgan fingerprint density at radius 1 is 1.05 bits per heavy atom. The van der Waals surface area contributed by atoms with Crippen LogP contribution in [-0.2, 0) is 0 Å². The van der Waals surface area contributed by atoms with Crippen molar-refractivity contribution in [1.29, 1.82) is 0 Å². The Kier molecular flexibility index (Phi) is 3.89. The van der Waals surface area contributed by atoms with Crippen LogP contribution in [0.5, 0.6) is 0 Å². The zero-order chi connectivity index (χ0) is 15.5. The third-order valence-corrected chi connectivity index (χ3v) is 3.69. The number of carbonyl (C=O) groups is 1. The van der Waals surface area contributed by atoms with Crippen LogP contribution in [0.15, 0.2) is 60.7 Å². The summed E-state index contributed by atoms with van der Waals surface area (Å²) < 4.78 is 2.36. The van der Waals surface area contributed by atoms with Crippen LogP contribution in [-0.4, -0.2) is 15.5 Å². The maximum Gasteiger partial charge on any atom is 0.273 e. The van der Waals surface area contributed by atoms with E-state index >= 15 is 0 Å². The van der Waals surface area contributed by atoms with Crippen molar-refractivity contribution in [2.75, 3.05) is 5.32 Å². The van der Waals surface area contributed by atoms with Crippen molar-refractivity contribution in [3.63, 3.8) is 0 Å². The van der Waals surface area contributed by atoms with E-state index in [0.29, 0.717) is 10.5 Å². The molecule has 2 aromatic carbocycles. The number of hydrogen-bond donors (Lipinski definition) is 2. The van der Waals surface area contributed by atoms with Crippen molar-refractivity contribution < 1.29 is 4.79 Å². The highest BCUT2D eigenvalue weighted by Gasteiger charge is 2.16. The monoisotopic (exact) mass is 309 g/mol. The molecule has 1 amide bonds. The first-order valence-electron chi connectivity index (χ1n) is 6.90. The standard InChI is InChI=1S/C17H15N3OS/c1-12-15(16(21)18-13-8-4-2-5-9-13)19-17(22)20(12)14-10-6-3-7-11-14/h2-11H,1H3,(H,18,21)(H,19,22). The largest absolute Gasteiger partial charge is 0.326 e. The van der Waals surface area contributed by atoms with E-state index in [2.05, 4.69) is 10.3 Å². The minimum atomic E-state index is -0.204. The predicted octanol–water partition coefficient (Wildman–Crippen LogP) is 4.10. The molecule has 4 nitrogen and oxygen atoms in total. The van der Waals surface area contributed by atoms with Crippen molar-refractivity contribution in [2.45, 2.75) is 6.92 Å². The summed E-state index contributed by atoms with van der Waals surface area (Å²) in [4.78, 5) is 15.4. The zero-order valence-corrected chi connectivity index (χ0v) is 12.9. The quantitative estimate of drug-likeness (QED) is 0.716. The Bertz CT molecular complexity index is 851. The van der Waals surface area contributed by atoms with Crippen LogP contribution >= 0.6 is 12.2 Å². The van der Waals surface area contributed by atoms with Crippen LogP contribution in [0.1, 0.15) is 16.2 Å². The normalized spacial score (nSPS) is 10.4. The smallest absolute Gasteiger partial charge is 0.273 e. The van der Waals surface area contributed by atoms with E-state index in [1.807, 2.05) is 72.2 Å². The van der Waals surface area contributed by atoms with Gasteiger partial charge in [-0.15, -0.1) is 0 Å². The van der Waals surface area contributed by atoms with Crippen LogP contribution in [0.25, 0.3) is 5.69 Å². The van der Waals surface area contributed by atoms with Gasteiger partial charge >= 0.3 is 0 Å². The van der Waals surface area contributed by atoms with Gasteiger partial charge in [0, 0.05) is 11.4 Å². The second-order valence-electron chi connectivity index (χ2n) is 4.88. The number of nitrogens with one attached hydrogen (secondary N) is 2. The number of anilines is 1. The van der Waals surface area contributed by atoms with Gasteiger partial charge in [-0.05, 0) is 43.4 Å². The fraction of sp³-hybridized carbons (Fsp3) is 0.0588. The summed E-state index contributed by atoms with van der Waals surface area (Å²) in [6.07, 6.45) is 0. The van der Waals surface area contributed by atoms with Gasteiger partial charge in [0.2, 0.25) is 0 Å². The SMILES string of the molecule is Cc1c(C(=O)Nc2ccccc2)[nH]c(=S)n1-c1ccccc1. The fourth-order valence-corrected chi connectivity index (χ4v) is 2.69. The Hall–Kier alpha value is -2.66. The van der Waals surface area contributed by atoms with Crippen LogP contribution < -0.4 is 5.32 Å². The molecule has 5 heteroatoms. The maximum absolute atomic E-state index is 12.4. The summed E-state index contributed by atoms with van der Waals surface area (Å²) in [5, 5.41) is 2.86. The molecular formula is C17H15N3OS. The van der Waals surface area contributed by atoms with Gasteiger partial charge in [-0.25, -0.2) is 0 Å².